The average molecular weight is 435 g/mol. The molecule has 114 valence electrons. The molecule has 0 fully saturated rings. The van der Waals surface area contributed by atoms with Crippen molar-refractivity contribution in [1.29, 1.82) is 0 Å². The monoisotopic (exact) mass is 433 g/mol. The Morgan fingerprint density at radius 1 is 1.38 bits per heavy atom. The van der Waals surface area contributed by atoms with Gasteiger partial charge in [-0.05, 0) is 50.9 Å². The Balaban J connectivity index is 2.29. The molecule has 1 N–H and O–H groups in total. The lowest BCUT2D eigenvalue weighted by Crippen LogP contribution is -2.14. The second kappa shape index (κ2) is 8.33. The second-order valence-electron chi connectivity index (χ2n) is 4.48. The minimum Gasteiger partial charge on any atom is -0.378 e. The number of aromatic nitrogens is 2. The molecular weight excluding hydrogens is 418 g/mol. The smallest absolute Gasteiger partial charge is 0.143 e. The first-order valence-electron chi connectivity index (χ1n) is 6.65. The predicted molar refractivity (Wildman–Crippen MR) is 93.5 cm³/mol. The van der Waals surface area contributed by atoms with E-state index in [0.29, 0.717) is 6.61 Å². The molecule has 0 aliphatic heterocycles. The number of thiazole rings is 1. The van der Waals surface area contributed by atoms with E-state index in [-0.39, 0.29) is 0 Å². The molecule has 0 aliphatic carbocycles. The minimum absolute atomic E-state index is 0.522. The topological polar surface area (TPSA) is 47.0 Å². The molecule has 0 amide bonds. The quantitative estimate of drug-likeness (QED) is 0.657. The van der Waals surface area contributed by atoms with Crippen LogP contribution < -0.4 is 5.32 Å². The molecule has 0 aliphatic rings. The summed E-state index contributed by atoms with van der Waals surface area (Å²) in [5, 5.41) is 4.33. The highest BCUT2D eigenvalue weighted by molar-refractivity contribution is 9.11. The lowest BCUT2D eigenvalue weighted by molar-refractivity contribution is 0.181. The van der Waals surface area contributed by atoms with Gasteiger partial charge in [-0.3, -0.25) is 4.98 Å². The molecular formula is C14H17Br2N3OS. The molecule has 0 saturated heterocycles. The Kier molecular flexibility index (Phi) is 6.75. The van der Waals surface area contributed by atoms with Crippen molar-refractivity contribution < 1.29 is 4.74 Å². The molecule has 2 aromatic heterocycles. The van der Waals surface area contributed by atoms with Crippen molar-refractivity contribution in [2.75, 3.05) is 13.7 Å². The molecule has 0 saturated carbocycles. The van der Waals surface area contributed by atoms with Crippen molar-refractivity contribution in [3.63, 3.8) is 0 Å². The van der Waals surface area contributed by atoms with Gasteiger partial charge in [0.1, 0.15) is 10.7 Å². The van der Waals surface area contributed by atoms with Gasteiger partial charge in [-0.2, -0.15) is 0 Å². The fraction of sp³-hybridized carbons (Fsp3) is 0.429. The summed E-state index contributed by atoms with van der Waals surface area (Å²) in [7, 11) is 1.69. The molecule has 7 heteroatoms. The summed E-state index contributed by atoms with van der Waals surface area (Å²) in [5.74, 6) is 0. The number of halogens is 2. The van der Waals surface area contributed by atoms with Crippen molar-refractivity contribution in [2.45, 2.75) is 26.5 Å². The Bertz CT molecular complexity index is 604. The lowest BCUT2D eigenvalue weighted by atomic mass is 10.3. The summed E-state index contributed by atoms with van der Waals surface area (Å²) in [6, 6.07) is 1.98. The van der Waals surface area contributed by atoms with Gasteiger partial charge >= 0.3 is 0 Å². The third kappa shape index (κ3) is 4.56. The molecule has 21 heavy (non-hydrogen) atoms. The summed E-state index contributed by atoms with van der Waals surface area (Å²) in [6.07, 6.45) is 2.90. The summed E-state index contributed by atoms with van der Waals surface area (Å²) >= 11 is 8.63. The first kappa shape index (κ1) is 17.0. The Morgan fingerprint density at radius 3 is 2.86 bits per heavy atom. The fourth-order valence-corrected chi connectivity index (χ4v) is 4.17. The number of pyridine rings is 1. The van der Waals surface area contributed by atoms with E-state index in [2.05, 4.69) is 54.1 Å². The Labute approximate surface area is 145 Å². The highest BCUT2D eigenvalue weighted by Gasteiger charge is 2.15. The van der Waals surface area contributed by atoms with Crippen LogP contribution in [0.1, 0.15) is 23.9 Å². The number of ether oxygens (including phenoxy) is 1. The van der Waals surface area contributed by atoms with Gasteiger partial charge in [-0.15, -0.1) is 11.3 Å². The van der Waals surface area contributed by atoms with E-state index in [9.17, 15) is 0 Å². The number of hydrogen-bond donors (Lipinski definition) is 1. The number of nitrogens with one attached hydrogen (secondary N) is 1. The van der Waals surface area contributed by atoms with Crippen molar-refractivity contribution in [3.05, 3.63) is 31.8 Å². The zero-order valence-electron chi connectivity index (χ0n) is 11.9. The van der Waals surface area contributed by atoms with Gasteiger partial charge in [0.2, 0.25) is 0 Å². The van der Waals surface area contributed by atoms with Crippen molar-refractivity contribution >= 4 is 43.2 Å². The van der Waals surface area contributed by atoms with Crippen LogP contribution in [0.25, 0.3) is 10.7 Å². The van der Waals surface area contributed by atoms with Gasteiger partial charge in [-0.25, -0.2) is 4.98 Å². The zero-order valence-corrected chi connectivity index (χ0v) is 15.9. The summed E-state index contributed by atoms with van der Waals surface area (Å²) in [6.45, 7) is 4.50. The molecule has 4 nitrogen and oxygen atoms in total. The summed E-state index contributed by atoms with van der Waals surface area (Å²) < 4.78 is 7.12. The van der Waals surface area contributed by atoms with Gasteiger partial charge in [0.25, 0.3) is 0 Å². The number of rotatable bonds is 7. The highest BCUT2D eigenvalue weighted by atomic mass is 79.9. The van der Waals surface area contributed by atoms with Crippen molar-refractivity contribution in [1.82, 2.24) is 15.3 Å². The Hall–Kier alpha value is -0.340. The van der Waals surface area contributed by atoms with E-state index in [1.165, 1.54) is 4.88 Å². The van der Waals surface area contributed by atoms with E-state index in [4.69, 9.17) is 4.74 Å². The van der Waals surface area contributed by atoms with E-state index in [1.54, 1.807) is 24.6 Å². The van der Waals surface area contributed by atoms with Crippen LogP contribution in [0.15, 0.2) is 21.2 Å². The maximum atomic E-state index is 5.25. The number of methoxy groups -OCH3 is 1. The molecule has 0 aromatic carbocycles. The van der Waals surface area contributed by atoms with Crippen molar-refractivity contribution in [2.24, 2.45) is 0 Å². The summed E-state index contributed by atoms with van der Waals surface area (Å²) in [4.78, 5) is 10.3. The van der Waals surface area contributed by atoms with Gasteiger partial charge in [0, 0.05) is 33.7 Å². The molecule has 0 spiro atoms. The Morgan fingerprint density at radius 2 is 2.19 bits per heavy atom. The van der Waals surface area contributed by atoms with Gasteiger partial charge in [-0.1, -0.05) is 6.92 Å². The fourth-order valence-electron chi connectivity index (χ4n) is 1.82. The van der Waals surface area contributed by atoms with E-state index >= 15 is 0 Å². The van der Waals surface area contributed by atoms with Crippen LogP contribution in [-0.4, -0.2) is 23.6 Å². The second-order valence-corrected chi connectivity index (χ2v) is 7.34. The van der Waals surface area contributed by atoms with Crippen LogP contribution in [0.4, 0.5) is 0 Å². The minimum atomic E-state index is 0.522. The van der Waals surface area contributed by atoms with Crippen LogP contribution >= 0.6 is 43.2 Å². The molecule has 2 rings (SSSR count). The van der Waals surface area contributed by atoms with E-state index in [1.807, 2.05) is 6.07 Å². The largest absolute Gasteiger partial charge is 0.378 e. The maximum Gasteiger partial charge on any atom is 0.143 e. The third-order valence-electron chi connectivity index (χ3n) is 2.78. The molecule has 0 unspecified atom stereocenters. The highest BCUT2D eigenvalue weighted by Crippen LogP contribution is 2.33. The first-order chi connectivity index (χ1) is 10.2. The SMILES string of the molecule is CCCNCc1sc(-c2ncc(Br)cc2Br)nc1COC. The molecule has 0 radical (unpaired) electrons. The number of nitrogens with zero attached hydrogens (tertiary/aromatic N) is 2. The van der Waals surface area contributed by atoms with Gasteiger partial charge in [0.15, 0.2) is 0 Å². The lowest BCUT2D eigenvalue weighted by Gasteiger charge is -2.02. The van der Waals surface area contributed by atoms with Crippen LogP contribution in [0.3, 0.4) is 0 Å². The van der Waals surface area contributed by atoms with Gasteiger partial charge < -0.3 is 10.1 Å². The predicted octanol–water partition coefficient (Wildman–Crippen LogP) is 4.38. The van der Waals surface area contributed by atoms with E-state index in [0.717, 1.165) is 44.9 Å². The van der Waals surface area contributed by atoms with Gasteiger partial charge in [0.05, 0.1) is 12.3 Å². The molecule has 0 bridgehead atoms. The van der Waals surface area contributed by atoms with Crippen LogP contribution in [0.5, 0.6) is 0 Å². The maximum absolute atomic E-state index is 5.25. The number of hydrogen-bond acceptors (Lipinski definition) is 5. The van der Waals surface area contributed by atoms with Crippen LogP contribution in [-0.2, 0) is 17.9 Å². The third-order valence-corrected chi connectivity index (χ3v) is 4.92. The van der Waals surface area contributed by atoms with Crippen LogP contribution in [0.2, 0.25) is 0 Å². The molecule has 2 aromatic rings. The first-order valence-corrected chi connectivity index (χ1v) is 9.05. The average Bonchev–Trinajstić information content (AvgIpc) is 2.82. The standard InChI is InChI=1S/C14H17Br2N3OS/c1-3-4-17-7-12-11(8-20-2)19-14(21-12)13-10(16)5-9(15)6-18-13/h5-6,17H,3-4,7-8H2,1-2H3. The summed E-state index contributed by atoms with van der Waals surface area (Å²) in [5.41, 5.74) is 1.85. The van der Waals surface area contributed by atoms with Crippen molar-refractivity contribution in [3.8, 4) is 10.7 Å². The molecule has 0 atom stereocenters. The molecule has 2 heterocycles. The van der Waals surface area contributed by atoms with E-state index < -0.39 is 0 Å². The van der Waals surface area contributed by atoms with Crippen LogP contribution in [0, 0.1) is 0 Å². The zero-order chi connectivity index (χ0) is 15.2. The normalized spacial score (nSPS) is 11.0.